The Morgan fingerprint density at radius 3 is 2.62 bits per heavy atom. The normalized spacial score (nSPS) is 24.4. The van der Waals surface area contributed by atoms with Crippen LogP contribution in [0.2, 0.25) is 0 Å². The van der Waals surface area contributed by atoms with Crippen LogP contribution in [0, 0.1) is 5.92 Å². The van der Waals surface area contributed by atoms with Crippen LogP contribution in [0.3, 0.4) is 0 Å². The summed E-state index contributed by atoms with van der Waals surface area (Å²) in [5, 5.41) is 0. The monoisotopic (exact) mass is 319 g/mol. The molecular weight excluding hydrogens is 294 g/mol. The predicted octanol–water partition coefficient (Wildman–Crippen LogP) is -0.198. The highest BCUT2D eigenvalue weighted by molar-refractivity contribution is 7.87. The number of hydrogen-bond donors (Lipinski definition) is 1. The lowest BCUT2D eigenvalue weighted by atomic mass is 10.0. The second-order valence-electron chi connectivity index (χ2n) is 5.74. The quantitative estimate of drug-likeness (QED) is 0.735. The number of rotatable bonds is 6. The Morgan fingerprint density at radius 2 is 1.95 bits per heavy atom. The zero-order valence-electron chi connectivity index (χ0n) is 12.6. The van der Waals surface area contributed by atoms with Crippen molar-refractivity contribution in [3.05, 3.63) is 0 Å². The van der Waals surface area contributed by atoms with Crippen LogP contribution in [0.4, 0.5) is 0 Å². The second kappa shape index (κ2) is 7.53. The van der Waals surface area contributed by atoms with Crippen LogP contribution in [-0.2, 0) is 19.7 Å². The van der Waals surface area contributed by atoms with E-state index in [4.69, 9.17) is 4.74 Å². The number of methoxy groups -OCH3 is 1. The van der Waals surface area contributed by atoms with Crippen molar-refractivity contribution in [1.82, 2.24) is 13.9 Å². The van der Waals surface area contributed by atoms with Crippen LogP contribution in [0.1, 0.15) is 25.7 Å². The van der Waals surface area contributed by atoms with Crippen molar-refractivity contribution in [3.8, 4) is 0 Å². The van der Waals surface area contributed by atoms with Crippen molar-refractivity contribution in [2.24, 2.45) is 5.92 Å². The van der Waals surface area contributed by atoms with Crippen molar-refractivity contribution in [2.75, 3.05) is 46.4 Å². The number of likely N-dealkylation sites (tertiary alicyclic amines) is 1. The second-order valence-corrected chi connectivity index (χ2v) is 7.49. The first-order valence-electron chi connectivity index (χ1n) is 7.54. The summed E-state index contributed by atoms with van der Waals surface area (Å²) < 4.78 is 33.5. The van der Waals surface area contributed by atoms with Gasteiger partial charge < -0.3 is 9.64 Å². The summed E-state index contributed by atoms with van der Waals surface area (Å²) in [6.45, 7) is 2.86. The third-order valence-corrected chi connectivity index (χ3v) is 5.61. The summed E-state index contributed by atoms with van der Waals surface area (Å²) in [5.74, 6) is 0.0936. The lowest BCUT2D eigenvalue weighted by Gasteiger charge is -2.31. The first kappa shape index (κ1) is 16.7. The Balaban J connectivity index is 1.84. The van der Waals surface area contributed by atoms with Gasteiger partial charge in [-0.05, 0) is 31.6 Å². The van der Waals surface area contributed by atoms with E-state index in [-0.39, 0.29) is 18.4 Å². The van der Waals surface area contributed by atoms with Gasteiger partial charge in [0, 0.05) is 33.3 Å². The lowest BCUT2D eigenvalue weighted by Crippen LogP contribution is -2.49. The van der Waals surface area contributed by atoms with Crippen molar-refractivity contribution < 1.29 is 17.9 Å². The average molecular weight is 319 g/mol. The van der Waals surface area contributed by atoms with Gasteiger partial charge in [-0.15, -0.1) is 0 Å². The molecule has 0 aromatic carbocycles. The summed E-state index contributed by atoms with van der Waals surface area (Å²) in [6, 6.07) is 0. The molecule has 122 valence electrons. The zero-order valence-corrected chi connectivity index (χ0v) is 13.4. The predicted molar refractivity (Wildman–Crippen MR) is 78.9 cm³/mol. The molecule has 2 aliphatic heterocycles. The number of nitrogens with zero attached hydrogens (tertiary/aromatic N) is 2. The Morgan fingerprint density at radius 1 is 1.24 bits per heavy atom. The summed E-state index contributed by atoms with van der Waals surface area (Å²) in [6.07, 6.45) is 3.81. The first-order chi connectivity index (χ1) is 10.0. The molecule has 0 saturated carbocycles. The van der Waals surface area contributed by atoms with E-state index in [0.717, 1.165) is 38.8 Å². The molecule has 0 bridgehead atoms. The first-order valence-corrected chi connectivity index (χ1v) is 8.98. The van der Waals surface area contributed by atoms with Crippen molar-refractivity contribution in [1.29, 1.82) is 0 Å². The Kier molecular flexibility index (Phi) is 5.98. The van der Waals surface area contributed by atoms with E-state index < -0.39 is 10.2 Å². The van der Waals surface area contributed by atoms with Gasteiger partial charge in [0.2, 0.25) is 5.91 Å². The van der Waals surface area contributed by atoms with Crippen molar-refractivity contribution >= 4 is 16.1 Å². The molecule has 2 aliphatic rings. The number of carbonyl (C=O) groups excluding carboxylic acids is 1. The minimum absolute atomic E-state index is 0.137. The highest BCUT2D eigenvalue weighted by atomic mass is 32.2. The molecule has 0 radical (unpaired) electrons. The van der Waals surface area contributed by atoms with E-state index in [1.807, 2.05) is 0 Å². The van der Waals surface area contributed by atoms with Gasteiger partial charge in [-0.1, -0.05) is 0 Å². The van der Waals surface area contributed by atoms with E-state index in [1.165, 1.54) is 4.31 Å². The Hall–Kier alpha value is -0.700. The van der Waals surface area contributed by atoms with Gasteiger partial charge in [0.25, 0.3) is 10.2 Å². The summed E-state index contributed by atoms with van der Waals surface area (Å²) in [4.78, 5) is 13.6. The minimum Gasteiger partial charge on any atom is -0.384 e. The van der Waals surface area contributed by atoms with Gasteiger partial charge in [-0.3, -0.25) is 4.79 Å². The molecule has 1 N–H and O–H groups in total. The Bertz CT molecular complexity index is 446. The molecule has 0 spiro atoms. The molecular formula is C13H25N3O4S. The molecule has 0 aromatic rings. The summed E-state index contributed by atoms with van der Waals surface area (Å²) in [7, 11) is -1.95. The number of ether oxygens (including phenoxy) is 1. The third kappa shape index (κ3) is 4.64. The SMILES string of the molecule is COCC1CCCN(S(=O)(=O)NCC(=O)N2CCCC2)C1. The summed E-state index contributed by atoms with van der Waals surface area (Å²) >= 11 is 0. The minimum atomic E-state index is -3.58. The van der Waals surface area contributed by atoms with Crippen LogP contribution in [0.15, 0.2) is 0 Å². The summed E-state index contributed by atoms with van der Waals surface area (Å²) in [5.41, 5.74) is 0. The molecule has 0 aromatic heterocycles. The van der Waals surface area contributed by atoms with Crippen molar-refractivity contribution in [2.45, 2.75) is 25.7 Å². The van der Waals surface area contributed by atoms with Crippen molar-refractivity contribution in [3.63, 3.8) is 0 Å². The van der Waals surface area contributed by atoms with Crippen LogP contribution >= 0.6 is 0 Å². The number of amides is 1. The van der Waals surface area contributed by atoms with E-state index in [2.05, 4.69) is 4.72 Å². The largest absolute Gasteiger partial charge is 0.384 e. The topological polar surface area (TPSA) is 79.0 Å². The standard InChI is InChI=1S/C13H25N3O4S/c1-20-11-12-5-4-8-16(10-12)21(18,19)14-9-13(17)15-6-2-3-7-15/h12,14H,2-11H2,1H3. The maximum atomic E-state index is 12.3. The molecule has 21 heavy (non-hydrogen) atoms. The highest BCUT2D eigenvalue weighted by Gasteiger charge is 2.29. The molecule has 0 aliphatic carbocycles. The van der Waals surface area contributed by atoms with Crippen LogP contribution in [0.25, 0.3) is 0 Å². The van der Waals surface area contributed by atoms with Gasteiger partial charge >= 0.3 is 0 Å². The van der Waals surface area contributed by atoms with Gasteiger partial charge in [-0.25, -0.2) is 0 Å². The van der Waals surface area contributed by atoms with Gasteiger partial charge in [0.15, 0.2) is 0 Å². The molecule has 1 unspecified atom stereocenters. The fourth-order valence-corrected chi connectivity index (χ4v) is 4.20. The van der Waals surface area contributed by atoms with Gasteiger partial charge in [0.1, 0.15) is 0 Å². The molecule has 8 heteroatoms. The van der Waals surface area contributed by atoms with Gasteiger partial charge in [0.05, 0.1) is 13.2 Å². The van der Waals surface area contributed by atoms with Crippen LogP contribution in [-0.4, -0.2) is 70.0 Å². The van der Waals surface area contributed by atoms with Gasteiger partial charge in [-0.2, -0.15) is 17.4 Å². The highest BCUT2D eigenvalue weighted by Crippen LogP contribution is 2.18. The fraction of sp³-hybridized carbons (Fsp3) is 0.923. The Labute approximate surface area is 126 Å². The average Bonchev–Trinajstić information content (AvgIpc) is 3.00. The zero-order chi connectivity index (χ0) is 15.3. The number of piperidine rings is 1. The van der Waals surface area contributed by atoms with E-state index in [0.29, 0.717) is 19.7 Å². The van der Waals surface area contributed by atoms with Crippen LogP contribution < -0.4 is 4.72 Å². The van der Waals surface area contributed by atoms with E-state index >= 15 is 0 Å². The molecule has 7 nitrogen and oxygen atoms in total. The molecule has 2 heterocycles. The van der Waals surface area contributed by atoms with Crippen LogP contribution in [0.5, 0.6) is 0 Å². The van der Waals surface area contributed by atoms with E-state index in [9.17, 15) is 13.2 Å². The maximum Gasteiger partial charge on any atom is 0.279 e. The molecule has 2 fully saturated rings. The smallest absolute Gasteiger partial charge is 0.279 e. The third-order valence-electron chi connectivity index (χ3n) is 4.09. The molecule has 2 rings (SSSR count). The number of hydrogen-bond acceptors (Lipinski definition) is 4. The molecule has 2 saturated heterocycles. The lowest BCUT2D eigenvalue weighted by molar-refractivity contribution is -0.128. The molecule has 1 atom stereocenters. The number of carbonyl (C=O) groups is 1. The fourth-order valence-electron chi connectivity index (χ4n) is 2.94. The van der Waals surface area contributed by atoms with E-state index in [1.54, 1.807) is 12.0 Å². The number of nitrogens with one attached hydrogen (secondary N) is 1. The molecule has 1 amide bonds. The maximum absolute atomic E-state index is 12.3.